The van der Waals surface area contributed by atoms with Gasteiger partial charge in [0.2, 0.25) is 5.91 Å². The fourth-order valence-electron chi connectivity index (χ4n) is 1.32. The molecule has 1 amide bonds. The van der Waals surface area contributed by atoms with Gasteiger partial charge in [0.1, 0.15) is 5.75 Å². The van der Waals surface area contributed by atoms with E-state index in [1.165, 1.54) is 13.2 Å². The van der Waals surface area contributed by atoms with Crippen LogP contribution in [0.25, 0.3) is 0 Å². The van der Waals surface area contributed by atoms with Crippen molar-refractivity contribution in [3.8, 4) is 5.75 Å². The number of nitrogens with one attached hydrogen (secondary N) is 1. The second kappa shape index (κ2) is 5.89. The van der Waals surface area contributed by atoms with Crippen molar-refractivity contribution in [2.45, 2.75) is 19.8 Å². The molecule has 5 heteroatoms. The summed E-state index contributed by atoms with van der Waals surface area (Å²) in [7, 11) is 1.28. The number of carbonyl (C=O) groups excluding carboxylic acids is 2. The Hall–Kier alpha value is -2.04. The maximum absolute atomic E-state index is 11.5. The van der Waals surface area contributed by atoms with Crippen molar-refractivity contribution in [3.63, 3.8) is 0 Å². The predicted octanol–water partition coefficient (Wildman–Crippen LogP) is 1.59. The molecule has 92 valence electrons. The molecule has 0 aliphatic rings. The van der Waals surface area contributed by atoms with Gasteiger partial charge in [0.05, 0.1) is 13.5 Å². The van der Waals surface area contributed by atoms with Gasteiger partial charge < -0.3 is 15.2 Å². The van der Waals surface area contributed by atoms with Gasteiger partial charge >= 0.3 is 5.97 Å². The van der Waals surface area contributed by atoms with E-state index in [2.05, 4.69) is 10.1 Å². The lowest BCUT2D eigenvalue weighted by molar-refractivity contribution is -0.141. The molecule has 0 unspecified atom stereocenters. The van der Waals surface area contributed by atoms with Crippen LogP contribution in [0.3, 0.4) is 0 Å². The third kappa shape index (κ3) is 4.14. The van der Waals surface area contributed by atoms with Crippen LogP contribution in [0.5, 0.6) is 5.75 Å². The Bertz CT molecular complexity index is 429. The van der Waals surface area contributed by atoms with E-state index in [4.69, 9.17) is 0 Å². The van der Waals surface area contributed by atoms with E-state index in [0.717, 1.165) is 5.56 Å². The van der Waals surface area contributed by atoms with E-state index in [0.29, 0.717) is 5.69 Å². The van der Waals surface area contributed by atoms with Gasteiger partial charge in [0.25, 0.3) is 0 Å². The number of benzene rings is 1. The van der Waals surface area contributed by atoms with Crippen LogP contribution in [0.4, 0.5) is 5.69 Å². The lowest BCUT2D eigenvalue weighted by Crippen LogP contribution is -2.14. The highest BCUT2D eigenvalue weighted by atomic mass is 16.5. The first kappa shape index (κ1) is 13.0. The lowest BCUT2D eigenvalue weighted by atomic mass is 10.2. The molecule has 0 bridgehead atoms. The molecule has 0 aliphatic carbocycles. The number of phenolic OH excluding ortho intramolecular Hbond substituents is 1. The summed E-state index contributed by atoms with van der Waals surface area (Å²) in [4.78, 5) is 22.3. The summed E-state index contributed by atoms with van der Waals surface area (Å²) in [5, 5.41) is 11.9. The summed E-state index contributed by atoms with van der Waals surface area (Å²) in [6, 6.07) is 4.65. The molecule has 2 N–H and O–H groups in total. The Balaban J connectivity index is 2.53. The van der Waals surface area contributed by atoms with Crippen LogP contribution in [0, 0.1) is 6.92 Å². The molecule has 0 heterocycles. The van der Waals surface area contributed by atoms with Gasteiger partial charge in [-0.3, -0.25) is 9.59 Å². The van der Waals surface area contributed by atoms with Gasteiger partial charge in [-0.15, -0.1) is 0 Å². The normalized spacial score (nSPS) is 9.76. The number of methoxy groups -OCH3 is 1. The van der Waals surface area contributed by atoms with Gasteiger partial charge in [-0.1, -0.05) is 0 Å². The number of aryl methyl sites for hydroxylation is 1. The first-order valence-corrected chi connectivity index (χ1v) is 5.19. The Labute approximate surface area is 99.4 Å². The number of carbonyl (C=O) groups is 2. The molecule has 0 saturated heterocycles. The monoisotopic (exact) mass is 237 g/mol. The molecule has 0 aromatic heterocycles. The summed E-state index contributed by atoms with van der Waals surface area (Å²) in [6.07, 6.45) is 0.131. The Morgan fingerprint density at radius 3 is 2.65 bits per heavy atom. The molecule has 0 saturated carbocycles. The highest BCUT2D eigenvalue weighted by Gasteiger charge is 2.08. The number of anilines is 1. The molecule has 1 rings (SSSR count). The fourth-order valence-corrected chi connectivity index (χ4v) is 1.32. The number of phenols is 1. The topological polar surface area (TPSA) is 75.6 Å². The molecule has 0 spiro atoms. The summed E-state index contributed by atoms with van der Waals surface area (Å²) >= 11 is 0. The fraction of sp³-hybridized carbons (Fsp3) is 0.333. The number of rotatable bonds is 4. The Kier molecular flexibility index (Phi) is 4.51. The van der Waals surface area contributed by atoms with Crippen molar-refractivity contribution in [3.05, 3.63) is 23.8 Å². The van der Waals surface area contributed by atoms with E-state index < -0.39 is 5.97 Å². The van der Waals surface area contributed by atoms with E-state index in [-0.39, 0.29) is 24.5 Å². The second-order valence-electron chi connectivity index (χ2n) is 3.62. The van der Waals surface area contributed by atoms with Crippen molar-refractivity contribution in [2.75, 3.05) is 12.4 Å². The molecule has 0 fully saturated rings. The zero-order valence-electron chi connectivity index (χ0n) is 9.82. The number of hydrogen-bond acceptors (Lipinski definition) is 4. The van der Waals surface area contributed by atoms with E-state index in [1.807, 2.05) is 0 Å². The summed E-state index contributed by atoms with van der Waals surface area (Å²) < 4.78 is 4.44. The maximum Gasteiger partial charge on any atom is 0.306 e. The molecular formula is C12H15NO4. The summed E-state index contributed by atoms with van der Waals surface area (Å²) in [5.74, 6) is -0.526. The molecule has 0 aliphatic heterocycles. The zero-order valence-corrected chi connectivity index (χ0v) is 9.82. The van der Waals surface area contributed by atoms with Crippen molar-refractivity contribution in [1.82, 2.24) is 0 Å². The van der Waals surface area contributed by atoms with E-state index in [1.54, 1.807) is 19.1 Å². The van der Waals surface area contributed by atoms with Crippen LogP contribution < -0.4 is 5.32 Å². The number of esters is 1. The molecular weight excluding hydrogens is 222 g/mol. The number of ether oxygens (including phenoxy) is 1. The first-order chi connectivity index (χ1) is 8.02. The lowest BCUT2D eigenvalue weighted by Gasteiger charge is -2.08. The average Bonchev–Trinajstić information content (AvgIpc) is 2.29. The Morgan fingerprint density at radius 2 is 2.06 bits per heavy atom. The molecule has 1 aromatic rings. The standard InChI is InChI=1S/C12H15NO4/c1-8-7-9(14)3-4-10(8)13-11(15)5-6-12(16)17-2/h3-4,7,14H,5-6H2,1-2H3,(H,13,15). The maximum atomic E-state index is 11.5. The van der Waals surface area contributed by atoms with Gasteiger partial charge in [-0.05, 0) is 30.7 Å². The quantitative estimate of drug-likeness (QED) is 0.616. The average molecular weight is 237 g/mol. The highest BCUT2D eigenvalue weighted by molar-refractivity contribution is 5.93. The molecule has 0 atom stereocenters. The van der Waals surface area contributed by atoms with Crippen LogP contribution in [-0.4, -0.2) is 24.1 Å². The van der Waals surface area contributed by atoms with E-state index in [9.17, 15) is 14.7 Å². The van der Waals surface area contributed by atoms with Gasteiger partial charge in [0, 0.05) is 12.1 Å². The zero-order chi connectivity index (χ0) is 12.8. The third-order valence-corrected chi connectivity index (χ3v) is 2.27. The molecule has 1 aromatic carbocycles. The SMILES string of the molecule is COC(=O)CCC(=O)Nc1ccc(O)cc1C. The molecule has 0 radical (unpaired) electrons. The minimum atomic E-state index is -0.414. The van der Waals surface area contributed by atoms with Gasteiger partial charge in [-0.25, -0.2) is 0 Å². The van der Waals surface area contributed by atoms with Gasteiger partial charge in [-0.2, -0.15) is 0 Å². The van der Waals surface area contributed by atoms with Crippen LogP contribution in [0.15, 0.2) is 18.2 Å². The number of hydrogen-bond donors (Lipinski definition) is 2. The first-order valence-electron chi connectivity index (χ1n) is 5.19. The minimum absolute atomic E-state index is 0.0550. The smallest absolute Gasteiger partial charge is 0.306 e. The summed E-state index contributed by atoms with van der Waals surface area (Å²) in [5.41, 5.74) is 1.38. The molecule has 5 nitrogen and oxygen atoms in total. The minimum Gasteiger partial charge on any atom is -0.508 e. The summed E-state index contributed by atoms with van der Waals surface area (Å²) in [6.45, 7) is 1.77. The Morgan fingerprint density at radius 1 is 1.35 bits per heavy atom. The largest absolute Gasteiger partial charge is 0.508 e. The van der Waals surface area contributed by atoms with Crippen LogP contribution in [0.1, 0.15) is 18.4 Å². The molecule has 17 heavy (non-hydrogen) atoms. The van der Waals surface area contributed by atoms with Crippen LogP contribution in [0.2, 0.25) is 0 Å². The predicted molar refractivity (Wildman–Crippen MR) is 62.7 cm³/mol. The number of amides is 1. The van der Waals surface area contributed by atoms with Crippen LogP contribution in [-0.2, 0) is 14.3 Å². The second-order valence-corrected chi connectivity index (χ2v) is 3.62. The third-order valence-electron chi connectivity index (χ3n) is 2.27. The van der Waals surface area contributed by atoms with Crippen molar-refractivity contribution in [2.24, 2.45) is 0 Å². The highest BCUT2D eigenvalue weighted by Crippen LogP contribution is 2.20. The van der Waals surface area contributed by atoms with Crippen LogP contribution >= 0.6 is 0 Å². The number of aromatic hydroxyl groups is 1. The van der Waals surface area contributed by atoms with Crippen molar-refractivity contribution < 1.29 is 19.4 Å². The van der Waals surface area contributed by atoms with Gasteiger partial charge in [0.15, 0.2) is 0 Å². The van der Waals surface area contributed by atoms with Crippen molar-refractivity contribution in [1.29, 1.82) is 0 Å². The van der Waals surface area contributed by atoms with Crippen molar-refractivity contribution >= 4 is 17.6 Å². The van der Waals surface area contributed by atoms with E-state index >= 15 is 0 Å².